The molecule has 0 fully saturated rings. The maximum absolute atomic E-state index is 12.4. The summed E-state index contributed by atoms with van der Waals surface area (Å²) in [4.78, 5) is 64.9. The van der Waals surface area contributed by atoms with E-state index in [0.717, 1.165) is 18.4 Å². The number of oxime groups is 1. The minimum Gasteiger partial charge on any atom is -0.447 e. The number of methoxy groups -OCH3 is 2. The molecule has 0 bridgehead atoms. The molecule has 0 aliphatic rings. The van der Waals surface area contributed by atoms with Crippen LogP contribution in [0.1, 0.15) is 74.7 Å². The number of nitrogens with zero attached hydrogens (tertiary/aromatic N) is 1. The van der Waals surface area contributed by atoms with Crippen molar-refractivity contribution in [2.24, 2.45) is 16.8 Å². The first kappa shape index (κ1) is 45.5. The van der Waals surface area contributed by atoms with Crippen LogP contribution in [0.3, 0.4) is 0 Å². The van der Waals surface area contributed by atoms with Gasteiger partial charge in [-0.2, -0.15) is 0 Å². The minimum atomic E-state index is -0.728. The Bertz CT molecular complexity index is 1190. The number of rotatable bonds is 29. The lowest BCUT2D eigenvalue weighted by molar-refractivity contribution is -0.122. The third-order valence-electron chi connectivity index (χ3n) is 7.44. The Morgan fingerprint density at radius 1 is 0.712 bits per heavy atom. The van der Waals surface area contributed by atoms with E-state index in [9.17, 15) is 24.0 Å². The number of benzene rings is 1. The van der Waals surface area contributed by atoms with Crippen molar-refractivity contribution in [3.63, 3.8) is 0 Å². The molecule has 6 N–H and O–H groups in total. The number of nitrogens with one attached hydrogen (secondary N) is 4. The number of amides is 5. The Morgan fingerprint density at radius 3 is 1.88 bits per heavy atom. The van der Waals surface area contributed by atoms with Crippen molar-refractivity contribution in [1.82, 2.24) is 21.3 Å². The van der Waals surface area contributed by atoms with Crippen molar-refractivity contribution in [3.8, 4) is 0 Å². The molecule has 294 valence electrons. The fourth-order valence-corrected chi connectivity index (χ4v) is 4.26. The van der Waals surface area contributed by atoms with Crippen LogP contribution in [0, 0.1) is 5.92 Å². The third-order valence-corrected chi connectivity index (χ3v) is 7.44. The summed E-state index contributed by atoms with van der Waals surface area (Å²) in [6, 6.07) is 7.08. The van der Waals surface area contributed by atoms with Crippen molar-refractivity contribution in [2.45, 2.75) is 64.9 Å². The van der Waals surface area contributed by atoms with Crippen molar-refractivity contribution >= 4 is 35.6 Å². The molecule has 0 spiro atoms. The molecule has 0 aliphatic heterocycles. The van der Waals surface area contributed by atoms with Gasteiger partial charge < -0.3 is 55.5 Å². The molecule has 0 aromatic heterocycles. The lowest BCUT2D eigenvalue weighted by atomic mass is 10.0. The molecule has 1 aromatic rings. The molecule has 1 rings (SSSR count). The summed E-state index contributed by atoms with van der Waals surface area (Å²) in [5.74, 6) is -0.777. The van der Waals surface area contributed by atoms with Crippen LogP contribution < -0.4 is 27.0 Å². The van der Waals surface area contributed by atoms with Crippen LogP contribution in [-0.2, 0) is 38.1 Å². The van der Waals surface area contributed by atoms with Gasteiger partial charge in [-0.3, -0.25) is 14.4 Å². The zero-order valence-electron chi connectivity index (χ0n) is 31.0. The molecule has 0 unspecified atom stereocenters. The SMILES string of the molecule is COCCNC(=O)OCC(COC(=O)NCCOC)OCCCC(=O)NCCCCO/N=C(/C)c1ccc(C(=O)NCCCC[C@H](C)C(N)=O)cc1. The average Bonchev–Trinajstić information content (AvgIpc) is 3.13. The summed E-state index contributed by atoms with van der Waals surface area (Å²) >= 11 is 0. The number of carbonyl (C=O) groups is 5. The first-order valence-corrected chi connectivity index (χ1v) is 17.6. The van der Waals surface area contributed by atoms with Gasteiger partial charge in [0.15, 0.2) is 0 Å². The average molecular weight is 739 g/mol. The number of hydrogen-bond acceptors (Lipinski definition) is 12. The van der Waals surface area contributed by atoms with E-state index >= 15 is 0 Å². The summed E-state index contributed by atoms with van der Waals surface area (Å²) in [7, 11) is 3.02. The van der Waals surface area contributed by atoms with E-state index in [1.807, 2.05) is 19.1 Å². The molecule has 17 nitrogen and oxygen atoms in total. The summed E-state index contributed by atoms with van der Waals surface area (Å²) in [6.07, 6.45) is 2.24. The Morgan fingerprint density at radius 2 is 1.29 bits per heavy atom. The van der Waals surface area contributed by atoms with Crippen molar-refractivity contribution in [1.29, 1.82) is 0 Å². The van der Waals surface area contributed by atoms with Crippen LogP contribution in [0.2, 0.25) is 0 Å². The van der Waals surface area contributed by atoms with Gasteiger partial charge in [0.2, 0.25) is 11.8 Å². The van der Waals surface area contributed by atoms with Crippen LogP contribution in [0.4, 0.5) is 9.59 Å². The van der Waals surface area contributed by atoms with E-state index < -0.39 is 18.3 Å². The fourth-order valence-electron chi connectivity index (χ4n) is 4.26. The Hall–Kier alpha value is -4.48. The van der Waals surface area contributed by atoms with Gasteiger partial charge in [-0.1, -0.05) is 30.6 Å². The largest absolute Gasteiger partial charge is 0.447 e. The first-order valence-electron chi connectivity index (χ1n) is 17.6. The fraction of sp³-hybridized carbons (Fsp3) is 0.657. The Labute approximate surface area is 306 Å². The third kappa shape index (κ3) is 23.1. The first-order chi connectivity index (χ1) is 25.1. The van der Waals surface area contributed by atoms with Gasteiger partial charge in [0.05, 0.1) is 18.9 Å². The quantitative estimate of drug-likeness (QED) is 0.0455. The standard InChI is InChI=1S/C35H58N6O11/c1-26(32(36)43)10-5-6-17-38-33(44)29-14-12-28(13-15-29)27(2)41-52-21-8-7-16-37-31(42)11-9-20-49-30(24-50-34(45)39-18-22-47-3)25-51-35(46)40-19-23-48-4/h12-15,26,30H,5-11,16-25H2,1-4H3,(H2,36,43)(H,37,42)(H,38,44)(H,39,45)(H,40,46)/b41-27-/t26-/m0/s1. The van der Waals surface area contributed by atoms with Gasteiger partial charge in [-0.05, 0) is 56.7 Å². The highest BCUT2D eigenvalue weighted by atomic mass is 16.6. The smallest absolute Gasteiger partial charge is 0.407 e. The number of hydrogen-bond donors (Lipinski definition) is 5. The van der Waals surface area contributed by atoms with E-state index in [2.05, 4.69) is 26.4 Å². The normalized spacial score (nSPS) is 11.8. The van der Waals surface area contributed by atoms with Crippen molar-refractivity contribution in [3.05, 3.63) is 35.4 Å². The molecule has 5 amide bonds. The van der Waals surface area contributed by atoms with Crippen LogP contribution in [0.25, 0.3) is 0 Å². The van der Waals surface area contributed by atoms with E-state index in [0.29, 0.717) is 69.9 Å². The van der Waals surface area contributed by atoms with E-state index in [-0.39, 0.29) is 63.0 Å². The second-order valence-electron chi connectivity index (χ2n) is 11.8. The molecular weight excluding hydrogens is 680 g/mol. The summed E-state index contributed by atoms with van der Waals surface area (Å²) in [6.45, 7) is 6.07. The van der Waals surface area contributed by atoms with Crippen LogP contribution in [0.5, 0.6) is 0 Å². The zero-order valence-corrected chi connectivity index (χ0v) is 31.0. The van der Waals surface area contributed by atoms with Gasteiger partial charge in [0, 0.05) is 64.9 Å². The highest BCUT2D eigenvalue weighted by Gasteiger charge is 2.16. The van der Waals surface area contributed by atoms with E-state index in [1.165, 1.54) is 14.2 Å². The summed E-state index contributed by atoms with van der Waals surface area (Å²) in [5.41, 5.74) is 7.30. The predicted molar refractivity (Wildman–Crippen MR) is 193 cm³/mol. The maximum Gasteiger partial charge on any atom is 0.407 e. The van der Waals surface area contributed by atoms with Crippen molar-refractivity contribution < 1.29 is 52.5 Å². The zero-order chi connectivity index (χ0) is 38.4. The highest BCUT2D eigenvalue weighted by molar-refractivity contribution is 6.00. The molecule has 1 aromatic carbocycles. The monoisotopic (exact) mass is 738 g/mol. The van der Waals surface area contributed by atoms with E-state index in [1.54, 1.807) is 19.1 Å². The van der Waals surface area contributed by atoms with Crippen molar-refractivity contribution in [2.75, 3.05) is 80.0 Å². The molecule has 0 heterocycles. The molecular formula is C35H58N6O11. The molecule has 52 heavy (non-hydrogen) atoms. The Kier molecular flexibility index (Phi) is 25.5. The van der Waals surface area contributed by atoms with Crippen LogP contribution >= 0.6 is 0 Å². The molecule has 0 saturated heterocycles. The topological polar surface area (TPSA) is 227 Å². The maximum atomic E-state index is 12.4. The van der Waals surface area contributed by atoms with E-state index in [4.69, 9.17) is 34.3 Å². The number of ether oxygens (including phenoxy) is 5. The lowest BCUT2D eigenvalue weighted by Crippen LogP contribution is -2.35. The number of carbonyl (C=O) groups excluding carboxylic acids is 5. The summed E-state index contributed by atoms with van der Waals surface area (Å²) < 4.78 is 25.8. The molecule has 0 saturated carbocycles. The second-order valence-corrected chi connectivity index (χ2v) is 11.8. The van der Waals surface area contributed by atoms with Crippen LogP contribution in [-0.4, -0.2) is 122 Å². The van der Waals surface area contributed by atoms with Gasteiger partial charge in [0.25, 0.3) is 5.91 Å². The highest BCUT2D eigenvalue weighted by Crippen LogP contribution is 2.09. The number of nitrogens with two attached hydrogens (primary N) is 1. The Balaban J connectivity index is 2.27. The van der Waals surface area contributed by atoms with Gasteiger partial charge in [-0.15, -0.1) is 0 Å². The number of primary amides is 1. The predicted octanol–water partition coefficient (Wildman–Crippen LogP) is 2.26. The lowest BCUT2D eigenvalue weighted by Gasteiger charge is -2.18. The van der Waals surface area contributed by atoms with Gasteiger partial charge in [0.1, 0.15) is 25.9 Å². The number of unbranched alkanes of at least 4 members (excludes halogenated alkanes) is 2. The van der Waals surface area contributed by atoms with Gasteiger partial charge >= 0.3 is 12.2 Å². The minimum absolute atomic E-state index is 0.135. The van der Waals surface area contributed by atoms with Gasteiger partial charge in [-0.25, -0.2) is 9.59 Å². The second kappa shape index (κ2) is 29.1. The summed E-state index contributed by atoms with van der Waals surface area (Å²) in [5, 5.41) is 14.9. The molecule has 17 heteroatoms. The molecule has 1 atom stereocenters. The number of alkyl carbamates (subject to hydrolysis) is 2. The molecule has 0 radical (unpaired) electrons. The van der Waals surface area contributed by atoms with Crippen LogP contribution in [0.15, 0.2) is 29.4 Å². The molecule has 0 aliphatic carbocycles.